The molecule has 2 N–H and O–H groups in total. The quantitative estimate of drug-likeness (QED) is 0.0686. The van der Waals surface area contributed by atoms with Crippen LogP contribution in [-0.4, -0.2) is 40.1 Å². The van der Waals surface area contributed by atoms with Crippen LogP contribution < -0.4 is 0 Å². The van der Waals surface area contributed by atoms with Crippen LogP contribution in [0.15, 0.2) is 71.4 Å². The maximum absolute atomic E-state index is 12.6. The van der Waals surface area contributed by atoms with E-state index in [4.69, 9.17) is 9.47 Å². The Morgan fingerprint density at radius 1 is 1.10 bits per heavy atom. The second-order valence-electron chi connectivity index (χ2n) is 11.6. The number of unbranched alkanes of at least 4 members (excludes halogenated alkanes) is 1. The fourth-order valence-corrected chi connectivity index (χ4v) is 4.31. The summed E-state index contributed by atoms with van der Waals surface area (Å²) in [6.07, 6.45) is 22.0. The number of esters is 2. The van der Waals surface area contributed by atoms with Crippen molar-refractivity contribution in [1.29, 1.82) is 0 Å². The van der Waals surface area contributed by atoms with Gasteiger partial charge in [0.2, 0.25) is 0 Å². The van der Waals surface area contributed by atoms with Gasteiger partial charge in [0.15, 0.2) is 5.79 Å². The molecule has 1 rings (SSSR count). The van der Waals surface area contributed by atoms with Gasteiger partial charge >= 0.3 is 11.9 Å². The molecule has 3 atom stereocenters. The predicted octanol–water partition coefficient (Wildman–Crippen LogP) is 7.44. The number of rotatable bonds is 11. The maximum Gasteiger partial charge on any atom is 0.331 e. The Labute approximate surface area is 242 Å². The minimum absolute atomic E-state index is 0.0997. The smallest absolute Gasteiger partial charge is 0.331 e. The van der Waals surface area contributed by atoms with Crippen molar-refractivity contribution in [3.05, 3.63) is 71.4 Å². The fraction of sp³-hybridized carbons (Fsp3) is 0.588. The van der Waals surface area contributed by atoms with Gasteiger partial charge < -0.3 is 19.7 Å². The molecular formula is C34H52O6. The summed E-state index contributed by atoms with van der Waals surface area (Å²) < 4.78 is 11.5. The van der Waals surface area contributed by atoms with Crippen molar-refractivity contribution in [1.82, 2.24) is 0 Å². The fourth-order valence-electron chi connectivity index (χ4n) is 4.31. The zero-order valence-electron chi connectivity index (χ0n) is 25.7. The maximum atomic E-state index is 12.6. The third kappa shape index (κ3) is 17.1. The molecule has 0 saturated carbocycles. The summed E-state index contributed by atoms with van der Waals surface area (Å²) in [6.45, 7) is 13.6. The van der Waals surface area contributed by atoms with Crippen molar-refractivity contribution in [2.45, 2.75) is 118 Å². The number of aliphatic hydroxyl groups is 2. The lowest BCUT2D eigenvalue weighted by Crippen LogP contribution is -2.26. The molecule has 0 aromatic rings. The molecule has 0 saturated heterocycles. The van der Waals surface area contributed by atoms with Crippen molar-refractivity contribution in [3.8, 4) is 0 Å². The van der Waals surface area contributed by atoms with Crippen LogP contribution in [0.4, 0.5) is 0 Å². The van der Waals surface area contributed by atoms with Gasteiger partial charge in [0.1, 0.15) is 12.2 Å². The lowest BCUT2D eigenvalue weighted by atomic mass is 9.94. The molecule has 224 valence electrons. The average Bonchev–Trinajstić information content (AvgIpc) is 2.85. The molecule has 1 aliphatic heterocycles. The normalized spacial score (nSPS) is 23.7. The molecule has 0 aliphatic carbocycles. The van der Waals surface area contributed by atoms with Gasteiger partial charge in [-0.3, -0.25) is 4.79 Å². The van der Waals surface area contributed by atoms with E-state index in [1.165, 1.54) is 13.0 Å². The van der Waals surface area contributed by atoms with Crippen LogP contribution in [0.25, 0.3) is 0 Å². The van der Waals surface area contributed by atoms with Crippen molar-refractivity contribution in [2.24, 2.45) is 11.8 Å². The number of hydrogen-bond acceptors (Lipinski definition) is 6. The molecule has 0 radical (unpaired) electrons. The van der Waals surface area contributed by atoms with Crippen molar-refractivity contribution >= 4 is 11.9 Å². The summed E-state index contributed by atoms with van der Waals surface area (Å²) in [6, 6.07) is 0. The number of ether oxygens (including phenoxy) is 2. The van der Waals surface area contributed by atoms with Gasteiger partial charge in [-0.25, -0.2) is 4.79 Å². The van der Waals surface area contributed by atoms with Crippen molar-refractivity contribution < 1.29 is 29.3 Å². The van der Waals surface area contributed by atoms with E-state index in [9.17, 15) is 19.8 Å². The number of hydrogen-bond donors (Lipinski definition) is 2. The van der Waals surface area contributed by atoms with E-state index in [-0.39, 0.29) is 36.0 Å². The topological polar surface area (TPSA) is 93.1 Å². The Morgan fingerprint density at radius 3 is 2.48 bits per heavy atom. The Hall–Kier alpha value is -2.70. The molecule has 1 aliphatic rings. The van der Waals surface area contributed by atoms with Gasteiger partial charge in [0.05, 0.1) is 0 Å². The molecule has 0 aromatic heterocycles. The van der Waals surface area contributed by atoms with Crippen LogP contribution >= 0.6 is 0 Å². The van der Waals surface area contributed by atoms with Crippen LogP contribution in [0.3, 0.4) is 0 Å². The van der Waals surface area contributed by atoms with Gasteiger partial charge in [-0.2, -0.15) is 0 Å². The molecule has 6 nitrogen and oxygen atoms in total. The Bertz CT molecular complexity index is 971. The Balaban J connectivity index is 2.67. The van der Waals surface area contributed by atoms with E-state index >= 15 is 0 Å². The largest absolute Gasteiger partial charge is 0.462 e. The van der Waals surface area contributed by atoms with Crippen molar-refractivity contribution in [3.63, 3.8) is 0 Å². The van der Waals surface area contributed by atoms with E-state index in [1.54, 1.807) is 6.08 Å². The third-order valence-corrected chi connectivity index (χ3v) is 6.82. The molecule has 0 bridgehead atoms. The van der Waals surface area contributed by atoms with Gasteiger partial charge in [0, 0.05) is 25.3 Å². The molecule has 1 heterocycles. The van der Waals surface area contributed by atoms with Crippen LogP contribution in [0.5, 0.6) is 0 Å². The summed E-state index contributed by atoms with van der Waals surface area (Å²) in [5, 5.41) is 18.7. The summed E-state index contributed by atoms with van der Waals surface area (Å²) >= 11 is 0. The molecule has 0 aromatic carbocycles. The first-order valence-electron chi connectivity index (χ1n) is 14.6. The number of carbonyl (C=O) groups excluding carboxylic acids is 2. The minimum atomic E-state index is -1.61. The molecule has 0 amide bonds. The van der Waals surface area contributed by atoms with Gasteiger partial charge in [0.25, 0.3) is 0 Å². The third-order valence-electron chi connectivity index (χ3n) is 6.82. The minimum Gasteiger partial charge on any atom is -0.462 e. The zero-order chi connectivity index (χ0) is 30.1. The van der Waals surface area contributed by atoms with E-state index in [0.29, 0.717) is 38.5 Å². The van der Waals surface area contributed by atoms with Gasteiger partial charge in [-0.1, -0.05) is 86.1 Å². The molecular weight excluding hydrogens is 504 g/mol. The zero-order valence-corrected chi connectivity index (χ0v) is 25.7. The number of carbonyl (C=O) groups is 2. The molecule has 3 unspecified atom stereocenters. The highest BCUT2D eigenvalue weighted by atomic mass is 16.5. The summed E-state index contributed by atoms with van der Waals surface area (Å²) in [4.78, 5) is 24.9. The first-order chi connectivity index (χ1) is 18.8. The second-order valence-corrected chi connectivity index (χ2v) is 11.6. The summed E-state index contributed by atoms with van der Waals surface area (Å²) in [7, 11) is 0. The van der Waals surface area contributed by atoms with Crippen LogP contribution in [0, 0.1) is 11.8 Å². The molecule has 40 heavy (non-hydrogen) atoms. The van der Waals surface area contributed by atoms with Crippen LogP contribution in [-0.2, 0) is 19.1 Å². The summed E-state index contributed by atoms with van der Waals surface area (Å²) in [5.74, 6) is -1.76. The molecule has 0 fully saturated rings. The highest BCUT2D eigenvalue weighted by molar-refractivity contribution is 5.82. The van der Waals surface area contributed by atoms with Gasteiger partial charge in [-0.15, -0.1) is 0 Å². The highest BCUT2D eigenvalue weighted by Gasteiger charge is 2.23. The average molecular weight is 557 g/mol. The van der Waals surface area contributed by atoms with E-state index in [0.717, 1.165) is 29.6 Å². The first-order valence-corrected chi connectivity index (χ1v) is 14.6. The SMILES string of the molecule is CC(=C\C=C\C(C)=C\CCCC(C)(O)O)/C=C(C)/C=C/C(=O)OC1CCCC(=O)OC(C(C)C)C/C=C/CC1C. The monoisotopic (exact) mass is 556 g/mol. The first kappa shape index (κ1) is 35.3. The standard InChI is InChI=1S/C34H52O6/c1-25(2)30-18-9-8-17-29(6)31(19-13-20-32(35)39-30)40-33(36)22-21-28(5)24-27(4)16-12-15-26(3)14-10-11-23-34(7,37)38/h8-9,12,14-16,21-22,24-25,29-31,37-38H,10-11,13,17-20,23H2,1-7H3/b9-8+,15-12+,22-21+,26-14+,27-16+,28-24+. The van der Waals surface area contributed by atoms with E-state index in [1.807, 2.05) is 45.1 Å². The summed E-state index contributed by atoms with van der Waals surface area (Å²) in [5.41, 5.74) is 3.08. The second kappa shape index (κ2) is 18.6. The highest BCUT2D eigenvalue weighted by Crippen LogP contribution is 2.22. The number of allylic oxidation sites excluding steroid dienone is 10. The van der Waals surface area contributed by atoms with E-state index < -0.39 is 5.79 Å². The lowest BCUT2D eigenvalue weighted by Gasteiger charge is -2.24. The molecule has 0 spiro atoms. The van der Waals surface area contributed by atoms with Crippen LogP contribution in [0.1, 0.15) is 99.8 Å². The van der Waals surface area contributed by atoms with Gasteiger partial charge in [-0.05, 0) is 71.6 Å². The predicted molar refractivity (Wildman–Crippen MR) is 162 cm³/mol. The Kier molecular flexibility index (Phi) is 16.4. The van der Waals surface area contributed by atoms with Crippen LogP contribution in [0.2, 0.25) is 0 Å². The lowest BCUT2D eigenvalue weighted by molar-refractivity contribution is -0.152. The van der Waals surface area contributed by atoms with E-state index in [2.05, 4.69) is 39.0 Å². The molecule has 6 heteroatoms. The number of cyclic esters (lactones) is 1. The van der Waals surface area contributed by atoms with Crippen molar-refractivity contribution in [2.75, 3.05) is 0 Å². The Morgan fingerprint density at radius 2 is 1.80 bits per heavy atom.